The van der Waals surface area contributed by atoms with Crippen molar-refractivity contribution in [3.8, 4) is 11.5 Å². The van der Waals surface area contributed by atoms with E-state index in [0.717, 1.165) is 5.56 Å². The summed E-state index contributed by atoms with van der Waals surface area (Å²) in [6.07, 6.45) is 0. The smallest absolute Gasteiger partial charge is 0.308 e. The standard InChI is InChI=1S/C19H21N2O4P/c1-12(22)21-19(14-8-4-6-10-16(14)24)26(3)18(20-21)15-9-5-7-11-17(15)25-13(2)23/h4-11,18-20,24H,1-3H3. The van der Waals surface area contributed by atoms with Crippen LogP contribution >= 0.6 is 7.92 Å². The van der Waals surface area contributed by atoms with Crippen molar-refractivity contribution in [1.82, 2.24) is 10.4 Å². The molecule has 0 radical (unpaired) electrons. The van der Waals surface area contributed by atoms with Gasteiger partial charge in [0.25, 0.3) is 0 Å². The first-order valence-corrected chi connectivity index (χ1v) is 10.2. The quantitative estimate of drug-likeness (QED) is 0.490. The van der Waals surface area contributed by atoms with Crippen molar-refractivity contribution in [3.05, 3.63) is 59.7 Å². The molecule has 0 aromatic heterocycles. The van der Waals surface area contributed by atoms with Crippen molar-refractivity contribution in [3.63, 3.8) is 0 Å². The second-order valence-electron chi connectivity index (χ2n) is 6.15. The Labute approximate surface area is 153 Å². The van der Waals surface area contributed by atoms with Crippen molar-refractivity contribution < 1.29 is 19.4 Å². The van der Waals surface area contributed by atoms with Gasteiger partial charge in [-0.3, -0.25) is 14.6 Å². The van der Waals surface area contributed by atoms with Gasteiger partial charge in [0.1, 0.15) is 11.5 Å². The number of carbonyl (C=O) groups is 2. The Bertz CT molecular complexity index is 842. The van der Waals surface area contributed by atoms with E-state index in [0.29, 0.717) is 11.3 Å². The number of nitrogens with one attached hydrogen (secondary N) is 1. The fourth-order valence-electron chi connectivity index (χ4n) is 3.19. The second kappa shape index (κ2) is 7.44. The van der Waals surface area contributed by atoms with Gasteiger partial charge in [-0.05, 0) is 18.8 Å². The maximum absolute atomic E-state index is 12.2. The van der Waals surface area contributed by atoms with Crippen LogP contribution in [0.2, 0.25) is 0 Å². The van der Waals surface area contributed by atoms with E-state index in [1.54, 1.807) is 29.3 Å². The average molecular weight is 372 g/mol. The fraction of sp³-hybridized carbons (Fsp3) is 0.263. The number of benzene rings is 2. The van der Waals surface area contributed by atoms with Crippen LogP contribution in [0.4, 0.5) is 0 Å². The van der Waals surface area contributed by atoms with Crippen LogP contribution in [-0.4, -0.2) is 28.7 Å². The lowest BCUT2D eigenvalue weighted by Gasteiger charge is -2.25. The number of para-hydroxylation sites is 2. The second-order valence-corrected chi connectivity index (χ2v) is 8.49. The highest BCUT2D eigenvalue weighted by molar-refractivity contribution is 7.57. The van der Waals surface area contributed by atoms with E-state index in [4.69, 9.17) is 4.74 Å². The minimum absolute atomic E-state index is 0.139. The van der Waals surface area contributed by atoms with Crippen molar-refractivity contribution in [2.24, 2.45) is 0 Å². The number of phenols is 1. The molecule has 6 nitrogen and oxygen atoms in total. The van der Waals surface area contributed by atoms with E-state index in [1.165, 1.54) is 13.8 Å². The SMILES string of the molecule is CC(=O)Oc1ccccc1C1NN(C(C)=O)C(c2ccccc2O)P1C. The van der Waals surface area contributed by atoms with Crippen LogP contribution in [-0.2, 0) is 9.59 Å². The third-order valence-electron chi connectivity index (χ3n) is 4.32. The third kappa shape index (κ3) is 3.43. The number of aromatic hydroxyl groups is 1. The topological polar surface area (TPSA) is 78.9 Å². The van der Waals surface area contributed by atoms with Crippen LogP contribution in [0.25, 0.3) is 0 Å². The van der Waals surface area contributed by atoms with Crippen LogP contribution in [0.1, 0.15) is 36.5 Å². The van der Waals surface area contributed by atoms with Crippen LogP contribution < -0.4 is 10.2 Å². The first-order valence-electron chi connectivity index (χ1n) is 8.23. The molecule has 1 amide bonds. The van der Waals surface area contributed by atoms with Crippen LogP contribution in [0, 0.1) is 0 Å². The van der Waals surface area contributed by atoms with Crippen LogP contribution in [0.3, 0.4) is 0 Å². The molecule has 0 bridgehead atoms. The summed E-state index contributed by atoms with van der Waals surface area (Å²) in [6.45, 7) is 4.92. The predicted molar refractivity (Wildman–Crippen MR) is 99.8 cm³/mol. The number of hydrogen-bond acceptors (Lipinski definition) is 5. The Hall–Kier alpha value is -2.43. The zero-order chi connectivity index (χ0) is 18.8. The van der Waals surface area contributed by atoms with Gasteiger partial charge >= 0.3 is 5.97 Å². The van der Waals surface area contributed by atoms with Crippen molar-refractivity contribution in [2.45, 2.75) is 25.4 Å². The first kappa shape index (κ1) is 18.4. The number of phenolic OH excluding ortho intramolecular Hbond substituents is 1. The van der Waals surface area contributed by atoms with Gasteiger partial charge in [-0.2, -0.15) is 0 Å². The molecule has 3 unspecified atom stereocenters. The Kier molecular flexibility index (Phi) is 5.25. The van der Waals surface area contributed by atoms with E-state index in [1.807, 2.05) is 24.3 Å². The predicted octanol–water partition coefficient (Wildman–Crippen LogP) is 3.49. The van der Waals surface area contributed by atoms with Gasteiger partial charge in [-0.25, -0.2) is 5.43 Å². The summed E-state index contributed by atoms with van der Waals surface area (Å²) in [5.41, 5.74) is 4.78. The molecule has 1 fully saturated rings. The Balaban J connectivity index is 2.03. The lowest BCUT2D eigenvalue weighted by molar-refractivity contribution is -0.133. The number of amides is 1. The lowest BCUT2D eigenvalue weighted by Crippen LogP contribution is -2.37. The van der Waals surface area contributed by atoms with E-state index in [-0.39, 0.29) is 23.2 Å². The zero-order valence-corrected chi connectivity index (χ0v) is 15.7. The number of rotatable bonds is 3. The minimum Gasteiger partial charge on any atom is -0.508 e. The van der Waals surface area contributed by atoms with Gasteiger partial charge < -0.3 is 9.84 Å². The molecule has 1 aliphatic rings. The van der Waals surface area contributed by atoms with E-state index >= 15 is 0 Å². The number of nitrogens with zero attached hydrogens (tertiary/aromatic N) is 1. The molecule has 3 rings (SSSR count). The normalized spacial score (nSPS) is 22.3. The average Bonchev–Trinajstić information content (AvgIpc) is 2.93. The van der Waals surface area contributed by atoms with Gasteiger partial charge in [0.2, 0.25) is 5.91 Å². The highest BCUT2D eigenvalue weighted by atomic mass is 31.1. The summed E-state index contributed by atoms with van der Waals surface area (Å²) in [5, 5.41) is 11.9. The molecular weight excluding hydrogens is 351 g/mol. The van der Waals surface area contributed by atoms with Crippen LogP contribution in [0.15, 0.2) is 48.5 Å². The number of ether oxygens (including phenoxy) is 1. The molecule has 1 aliphatic heterocycles. The molecule has 136 valence electrons. The van der Waals surface area contributed by atoms with Crippen molar-refractivity contribution in [1.29, 1.82) is 0 Å². The van der Waals surface area contributed by atoms with Gasteiger partial charge in [0.05, 0.1) is 11.6 Å². The maximum atomic E-state index is 12.2. The summed E-state index contributed by atoms with van der Waals surface area (Å²) >= 11 is 0. The fourth-order valence-corrected chi connectivity index (χ4v) is 5.68. The maximum Gasteiger partial charge on any atom is 0.308 e. The lowest BCUT2D eigenvalue weighted by atomic mass is 10.2. The first-order chi connectivity index (χ1) is 12.4. The monoisotopic (exact) mass is 372 g/mol. The minimum atomic E-state index is -0.831. The Morgan fingerprint density at radius 3 is 2.31 bits per heavy atom. The molecule has 1 heterocycles. The molecule has 2 aromatic rings. The molecule has 7 heteroatoms. The summed E-state index contributed by atoms with van der Waals surface area (Å²) in [4.78, 5) is 23.7. The van der Waals surface area contributed by atoms with Crippen LogP contribution in [0.5, 0.6) is 11.5 Å². The molecular formula is C19H21N2O4P. The Morgan fingerprint density at radius 2 is 1.69 bits per heavy atom. The summed E-state index contributed by atoms with van der Waals surface area (Å²) in [6, 6.07) is 14.4. The number of esters is 1. The van der Waals surface area contributed by atoms with E-state index in [9.17, 15) is 14.7 Å². The molecule has 2 aromatic carbocycles. The third-order valence-corrected chi connectivity index (χ3v) is 6.81. The Morgan fingerprint density at radius 1 is 1.08 bits per heavy atom. The molecule has 2 N–H and O–H groups in total. The van der Waals surface area contributed by atoms with Gasteiger partial charge in [-0.15, -0.1) is 0 Å². The summed E-state index contributed by atoms with van der Waals surface area (Å²) in [7, 11) is -0.831. The van der Waals surface area contributed by atoms with Gasteiger partial charge in [0.15, 0.2) is 0 Å². The highest BCUT2D eigenvalue weighted by Gasteiger charge is 2.43. The van der Waals surface area contributed by atoms with Crippen molar-refractivity contribution >= 4 is 19.8 Å². The van der Waals surface area contributed by atoms with Gasteiger partial charge in [-0.1, -0.05) is 44.3 Å². The number of hydrazine groups is 1. The van der Waals surface area contributed by atoms with Gasteiger partial charge in [0, 0.05) is 25.0 Å². The summed E-state index contributed by atoms with van der Waals surface area (Å²) < 4.78 is 5.35. The highest BCUT2D eigenvalue weighted by Crippen LogP contribution is 2.65. The zero-order valence-electron chi connectivity index (χ0n) is 14.8. The molecule has 0 saturated carbocycles. The molecule has 0 aliphatic carbocycles. The molecule has 1 saturated heterocycles. The molecule has 3 atom stereocenters. The van der Waals surface area contributed by atoms with E-state index in [2.05, 4.69) is 12.1 Å². The summed E-state index contributed by atoms with van der Waals surface area (Å²) in [5.74, 6) is -0.355. The molecule has 0 spiro atoms. The largest absolute Gasteiger partial charge is 0.508 e. The number of carbonyl (C=O) groups excluding carboxylic acids is 2. The van der Waals surface area contributed by atoms with Crippen molar-refractivity contribution in [2.75, 3.05) is 6.66 Å². The molecule has 26 heavy (non-hydrogen) atoms. The number of hydrogen-bond donors (Lipinski definition) is 2. The van der Waals surface area contributed by atoms with E-state index < -0.39 is 13.9 Å².